The number of rotatable bonds is 4. The van der Waals surface area contributed by atoms with Crippen LogP contribution in [0, 0.1) is 18.3 Å². The molecule has 0 radical (unpaired) electrons. The third-order valence-electron chi connectivity index (χ3n) is 3.28. The van der Waals surface area contributed by atoms with Gasteiger partial charge in [0.1, 0.15) is 0 Å². The second-order valence-corrected chi connectivity index (χ2v) is 5.04. The predicted molar refractivity (Wildman–Crippen MR) is 85.8 cm³/mol. The highest BCUT2D eigenvalue weighted by Crippen LogP contribution is 2.13. The van der Waals surface area contributed by atoms with Crippen LogP contribution in [0.15, 0.2) is 48.5 Å². The molecule has 0 aliphatic carbocycles. The molecule has 0 saturated heterocycles. The molecule has 23 heavy (non-hydrogen) atoms. The van der Waals surface area contributed by atoms with Gasteiger partial charge in [-0.2, -0.15) is 5.26 Å². The van der Waals surface area contributed by atoms with Crippen LogP contribution in [0.4, 0.5) is 5.69 Å². The Balaban J connectivity index is 2.01. The number of aryl methyl sites for hydroxylation is 1. The van der Waals surface area contributed by atoms with Gasteiger partial charge in [0.05, 0.1) is 17.2 Å². The summed E-state index contributed by atoms with van der Waals surface area (Å²) in [5.74, 6) is -1.00. The van der Waals surface area contributed by atoms with Crippen molar-refractivity contribution >= 4 is 17.6 Å². The summed E-state index contributed by atoms with van der Waals surface area (Å²) in [7, 11) is 0. The number of benzene rings is 2. The number of carbonyl (C=O) groups is 2. The van der Waals surface area contributed by atoms with Crippen LogP contribution in [-0.2, 0) is 9.53 Å². The van der Waals surface area contributed by atoms with Gasteiger partial charge in [-0.15, -0.1) is 0 Å². The number of hydrogen-bond donors (Lipinski definition) is 1. The van der Waals surface area contributed by atoms with Crippen molar-refractivity contribution < 1.29 is 14.3 Å². The number of carbonyl (C=O) groups excluding carboxylic acids is 2. The van der Waals surface area contributed by atoms with Crippen LogP contribution in [0.3, 0.4) is 0 Å². The molecule has 2 aromatic rings. The van der Waals surface area contributed by atoms with Crippen molar-refractivity contribution in [2.75, 3.05) is 5.32 Å². The first-order chi connectivity index (χ1) is 11.0. The highest BCUT2D eigenvalue weighted by Gasteiger charge is 2.20. The van der Waals surface area contributed by atoms with Crippen LogP contribution in [0.25, 0.3) is 0 Å². The van der Waals surface area contributed by atoms with Gasteiger partial charge in [0.15, 0.2) is 6.10 Å². The standard InChI is InChI=1S/C18H16N2O3/c1-12-6-3-4-9-16(12)18(22)23-13(2)17(21)20-15-8-5-7-14(10-15)11-19/h3-10,13H,1-2H3,(H,20,21)/t13-/m0/s1. The highest BCUT2D eigenvalue weighted by atomic mass is 16.5. The molecule has 0 spiro atoms. The number of ether oxygens (including phenoxy) is 1. The zero-order valence-electron chi connectivity index (χ0n) is 12.9. The normalized spacial score (nSPS) is 11.2. The fourth-order valence-electron chi connectivity index (χ4n) is 1.99. The summed E-state index contributed by atoms with van der Waals surface area (Å²) in [5.41, 5.74) is 2.13. The minimum atomic E-state index is -0.951. The van der Waals surface area contributed by atoms with Crippen molar-refractivity contribution in [3.05, 3.63) is 65.2 Å². The quantitative estimate of drug-likeness (QED) is 0.880. The summed E-state index contributed by atoms with van der Waals surface area (Å²) >= 11 is 0. The zero-order valence-corrected chi connectivity index (χ0v) is 12.9. The van der Waals surface area contributed by atoms with Gasteiger partial charge in [-0.3, -0.25) is 4.79 Å². The molecule has 0 saturated carbocycles. The molecule has 1 amide bonds. The van der Waals surface area contributed by atoms with Gasteiger partial charge in [0.2, 0.25) is 0 Å². The Morgan fingerprint density at radius 2 is 1.91 bits per heavy atom. The molecule has 0 aromatic heterocycles. The van der Waals surface area contributed by atoms with E-state index in [4.69, 9.17) is 10.00 Å². The van der Waals surface area contributed by atoms with E-state index >= 15 is 0 Å². The number of esters is 1. The van der Waals surface area contributed by atoms with Crippen LogP contribution in [0.1, 0.15) is 28.4 Å². The van der Waals surface area contributed by atoms with Crippen molar-refractivity contribution in [2.24, 2.45) is 0 Å². The number of anilines is 1. The molecule has 0 aliphatic heterocycles. The van der Waals surface area contributed by atoms with Crippen LogP contribution in [0.5, 0.6) is 0 Å². The zero-order chi connectivity index (χ0) is 16.8. The third kappa shape index (κ3) is 4.17. The lowest BCUT2D eigenvalue weighted by molar-refractivity contribution is -0.123. The summed E-state index contributed by atoms with van der Waals surface area (Å²) in [5, 5.41) is 11.5. The van der Waals surface area contributed by atoms with E-state index in [0.717, 1.165) is 5.56 Å². The van der Waals surface area contributed by atoms with Gasteiger partial charge in [-0.1, -0.05) is 24.3 Å². The fourth-order valence-corrected chi connectivity index (χ4v) is 1.99. The highest BCUT2D eigenvalue weighted by molar-refractivity contribution is 5.97. The summed E-state index contributed by atoms with van der Waals surface area (Å²) in [4.78, 5) is 24.2. The molecule has 5 nitrogen and oxygen atoms in total. The van der Waals surface area contributed by atoms with Crippen molar-refractivity contribution in [2.45, 2.75) is 20.0 Å². The second-order valence-electron chi connectivity index (χ2n) is 5.04. The monoisotopic (exact) mass is 308 g/mol. The topological polar surface area (TPSA) is 79.2 Å². The lowest BCUT2D eigenvalue weighted by Gasteiger charge is -2.14. The summed E-state index contributed by atoms with van der Waals surface area (Å²) in [6, 6.07) is 15.5. The first-order valence-electron chi connectivity index (χ1n) is 7.09. The molecule has 2 aromatic carbocycles. The van der Waals surface area contributed by atoms with E-state index in [1.165, 1.54) is 6.92 Å². The first-order valence-corrected chi connectivity index (χ1v) is 7.09. The molecule has 116 valence electrons. The largest absolute Gasteiger partial charge is 0.449 e. The molecule has 0 heterocycles. The van der Waals surface area contributed by atoms with Crippen LogP contribution >= 0.6 is 0 Å². The van der Waals surface area contributed by atoms with E-state index in [-0.39, 0.29) is 0 Å². The van der Waals surface area contributed by atoms with Crippen LogP contribution in [0.2, 0.25) is 0 Å². The lowest BCUT2D eigenvalue weighted by Crippen LogP contribution is -2.30. The Morgan fingerprint density at radius 1 is 1.17 bits per heavy atom. The number of nitriles is 1. The van der Waals surface area contributed by atoms with E-state index in [1.54, 1.807) is 49.4 Å². The summed E-state index contributed by atoms with van der Waals surface area (Å²) < 4.78 is 5.19. The molecule has 0 fully saturated rings. The summed E-state index contributed by atoms with van der Waals surface area (Å²) in [6.45, 7) is 3.30. The van der Waals surface area contributed by atoms with Crippen molar-refractivity contribution in [1.29, 1.82) is 5.26 Å². The third-order valence-corrected chi connectivity index (χ3v) is 3.28. The van der Waals surface area contributed by atoms with Gasteiger partial charge in [0, 0.05) is 5.69 Å². The molecule has 0 aliphatic rings. The van der Waals surface area contributed by atoms with Crippen LogP contribution < -0.4 is 5.32 Å². The molecule has 0 unspecified atom stereocenters. The van der Waals surface area contributed by atoms with Crippen molar-refractivity contribution in [3.63, 3.8) is 0 Å². The van der Waals surface area contributed by atoms with E-state index in [1.807, 2.05) is 12.1 Å². The van der Waals surface area contributed by atoms with Crippen LogP contribution in [-0.4, -0.2) is 18.0 Å². The SMILES string of the molecule is Cc1ccccc1C(=O)O[C@@H](C)C(=O)Nc1cccc(C#N)c1. The van der Waals surface area contributed by atoms with Gasteiger partial charge in [-0.25, -0.2) is 4.79 Å². The molecule has 1 N–H and O–H groups in total. The minimum Gasteiger partial charge on any atom is -0.449 e. The number of amides is 1. The first kappa shape index (κ1) is 16.2. The Hall–Kier alpha value is -3.13. The van der Waals surface area contributed by atoms with Gasteiger partial charge in [0.25, 0.3) is 5.91 Å². The predicted octanol–water partition coefficient (Wildman–Crippen LogP) is 3.05. The number of nitrogens with one attached hydrogen (secondary N) is 1. The van der Waals surface area contributed by atoms with E-state index in [9.17, 15) is 9.59 Å². The van der Waals surface area contributed by atoms with Gasteiger partial charge < -0.3 is 10.1 Å². The maximum Gasteiger partial charge on any atom is 0.339 e. The smallest absolute Gasteiger partial charge is 0.339 e. The fraction of sp³-hybridized carbons (Fsp3) is 0.167. The number of nitrogens with zero attached hydrogens (tertiary/aromatic N) is 1. The maximum absolute atomic E-state index is 12.1. The second kappa shape index (κ2) is 7.23. The number of hydrogen-bond acceptors (Lipinski definition) is 4. The van der Waals surface area contributed by atoms with E-state index < -0.39 is 18.0 Å². The molecule has 5 heteroatoms. The molecular weight excluding hydrogens is 292 g/mol. The molecule has 0 bridgehead atoms. The summed E-state index contributed by atoms with van der Waals surface area (Å²) in [6.07, 6.45) is -0.951. The minimum absolute atomic E-state index is 0.429. The van der Waals surface area contributed by atoms with Gasteiger partial charge in [-0.05, 0) is 43.7 Å². The molecule has 1 atom stereocenters. The van der Waals surface area contributed by atoms with Crippen molar-refractivity contribution in [1.82, 2.24) is 0 Å². The average molecular weight is 308 g/mol. The Kier molecular flexibility index (Phi) is 5.11. The maximum atomic E-state index is 12.1. The Morgan fingerprint density at radius 3 is 2.61 bits per heavy atom. The Bertz CT molecular complexity index is 778. The molecular formula is C18H16N2O3. The lowest BCUT2D eigenvalue weighted by atomic mass is 10.1. The van der Waals surface area contributed by atoms with Gasteiger partial charge >= 0.3 is 5.97 Å². The molecule has 2 rings (SSSR count). The van der Waals surface area contributed by atoms with E-state index in [2.05, 4.69) is 5.32 Å². The average Bonchev–Trinajstić information content (AvgIpc) is 2.55. The van der Waals surface area contributed by atoms with E-state index in [0.29, 0.717) is 16.8 Å². The van der Waals surface area contributed by atoms with Crippen molar-refractivity contribution in [3.8, 4) is 6.07 Å². The Labute approximate surface area is 134 Å².